The van der Waals surface area contributed by atoms with Gasteiger partial charge in [0.25, 0.3) is 0 Å². The highest BCUT2D eigenvalue weighted by atomic mass is 16.3. The second kappa shape index (κ2) is 10.8. The fraction of sp³-hybridized carbons (Fsp3) is 1.00. The molecule has 2 nitrogen and oxygen atoms in total. The normalized spacial score (nSPS) is 8.67. The van der Waals surface area contributed by atoms with Crippen molar-refractivity contribution in [2.24, 2.45) is 5.92 Å². The molecule has 0 rings (SSSR count). The smallest absolute Gasteiger partial charge is 0.0452 e. The standard InChI is InChI=1S/C4H10.C3H8O2/c1-4(2)3;4-2-1-3-5/h4H,1-3H3;4-5H,1-3H2. The van der Waals surface area contributed by atoms with Crippen LogP contribution in [0.25, 0.3) is 0 Å². The van der Waals surface area contributed by atoms with Crippen LogP contribution >= 0.6 is 0 Å². The van der Waals surface area contributed by atoms with Crippen molar-refractivity contribution < 1.29 is 10.2 Å². The minimum atomic E-state index is 0.0938. The first-order chi connectivity index (χ1) is 4.15. The van der Waals surface area contributed by atoms with Crippen LogP contribution in [0, 0.1) is 5.92 Å². The van der Waals surface area contributed by atoms with Crippen LogP contribution in [0.2, 0.25) is 0 Å². The topological polar surface area (TPSA) is 40.5 Å². The highest BCUT2D eigenvalue weighted by molar-refractivity contribution is 4.22. The summed E-state index contributed by atoms with van der Waals surface area (Å²) in [6.45, 7) is 6.69. The summed E-state index contributed by atoms with van der Waals surface area (Å²) in [5.41, 5.74) is 0. The molecule has 58 valence electrons. The molecule has 0 saturated heterocycles. The Balaban J connectivity index is 0. The number of aliphatic hydroxyl groups excluding tert-OH is 2. The van der Waals surface area contributed by atoms with E-state index in [9.17, 15) is 0 Å². The van der Waals surface area contributed by atoms with Gasteiger partial charge in [-0.2, -0.15) is 0 Å². The van der Waals surface area contributed by atoms with Crippen LogP contribution in [-0.4, -0.2) is 23.4 Å². The molecule has 0 spiro atoms. The average molecular weight is 134 g/mol. The van der Waals surface area contributed by atoms with Crippen LogP contribution in [0.3, 0.4) is 0 Å². The summed E-state index contributed by atoms with van der Waals surface area (Å²) in [4.78, 5) is 0. The maximum Gasteiger partial charge on any atom is 0.0452 e. The molecule has 0 fully saturated rings. The van der Waals surface area contributed by atoms with Gasteiger partial charge in [0.15, 0.2) is 0 Å². The van der Waals surface area contributed by atoms with Gasteiger partial charge in [0.1, 0.15) is 0 Å². The SMILES string of the molecule is CC(C)C.OCCCO. The molecule has 2 heteroatoms. The summed E-state index contributed by atoms with van der Waals surface area (Å²) in [6, 6.07) is 0. The van der Waals surface area contributed by atoms with Gasteiger partial charge in [-0.3, -0.25) is 0 Å². The molecule has 0 bridgehead atoms. The maximum absolute atomic E-state index is 7.91. The minimum Gasteiger partial charge on any atom is -0.396 e. The van der Waals surface area contributed by atoms with Crippen molar-refractivity contribution in [2.75, 3.05) is 13.2 Å². The van der Waals surface area contributed by atoms with E-state index in [1.807, 2.05) is 0 Å². The van der Waals surface area contributed by atoms with Crippen LogP contribution in [0.4, 0.5) is 0 Å². The molecular weight excluding hydrogens is 116 g/mol. The monoisotopic (exact) mass is 134 g/mol. The quantitative estimate of drug-likeness (QED) is 0.592. The van der Waals surface area contributed by atoms with E-state index in [2.05, 4.69) is 20.8 Å². The third-order valence-electron chi connectivity index (χ3n) is 0.316. The van der Waals surface area contributed by atoms with Crippen molar-refractivity contribution in [1.29, 1.82) is 0 Å². The Morgan fingerprint density at radius 2 is 1.22 bits per heavy atom. The Bertz CT molecular complexity index is 31.1. The fourth-order valence-electron chi connectivity index (χ4n) is 0.0707. The van der Waals surface area contributed by atoms with E-state index in [1.54, 1.807) is 0 Å². The molecule has 0 aromatic carbocycles. The molecule has 0 aromatic rings. The van der Waals surface area contributed by atoms with E-state index in [-0.39, 0.29) is 13.2 Å². The fourth-order valence-corrected chi connectivity index (χ4v) is 0.0707. The first-order valence-electron chi connectivity index (χ1n) is 3.36. The predicted octanol–water partition coefficient (Wildman–Crippen LogP) is 1.02. The second-order valence-electron chi connectivity index (χ2n) is 2.53. The van der Waals surface area contributed by atoms with Crippen LogP contribution in [0.5, 0.6) is 0 Å². The molecule has 0 atom stereocenters. The third-order valence-corrected chi connectivity index (χ3v) is 0.316. The zero-order valence-corrected chi connectivity index (χ0v) is 6.59. The van der Waals surface area contributed by atoms with E-state index < -0.39 is 0 Å². The maximum atomic E-state index is 7.91. The van der Waals surface area contributed by atoms with Gasteiger partial charge in [-0.1, -0.05) is 20.8 Å². The summed E-state index contributed by atoms with van der Waals surface area (Å²) < 4.78 is 0. The van der Waals surface area contributed by atoms with Gasteiger partial charge in [-0.05, 0) is 12.3 Å². The largest absolute Gasteiger partial charge is 0.396 e. The van der Waals surface area contributed by atoms with E-state index in [4.69, 9.17) is 10.2 Å². The third kappa shape index (κ3) is 75.3. The van der Waals surface area contributed by atoms with Crippen molar-refractivity contribution in [3.05, 3.63) is 0 Å². The summed E-state index contributed by atoms with van der Waals surface area (Å²) >= 11 is 0. The number of rotatable bonds is 2. The second-order valence-corrected chi connectivity index (χ2v) is 2.53. The Hall–Kier alpha value is -0.0800. The molecule has 0 saturated carbocycles. The van der Waals surface area contributed by atoms with E-state index in [0.717, 1.165) is 5.92 Å². The van der Waals surface area contributed by atoms with E-state index >= 15 is 0 Å². The lowest BCUT2D eigenvalue weighted by Gasteiger charge is -1.79. The van der Waals surface area contributed by atoms with Crippen LogP contribution < -0.4 is 0 Å². The van der Waals surface area contributed by atoms with Crippen molar-refractivity contribution >= 4 is 0 Å². The Morgan fingerprint density at radius 3 is 1.22 bits per heavy atom. The van der Waals surface area contributed by atoms with E-state index in [0.29, 0.717) is 6.42 Å². The molecule has 0 unspecified atom stereocenters. The molecule has 0 radical (unpaired) electrons. The molecule has 9 heavy (non-hydrogen) atoms. The molecule has 2 N–H and O–H groups in total. The van der Waals surface area contributed by atoms with Crippen LogP contribution in [0.15, 0.2) is 0 Å². The van der Waals surface area contributed by atoms with Gasteiger partial charge in [-0.25, -0.2) is 0 Å². The van der Waals surface area contributed by atoms with Crippen molar-refractivity contribution in [2.45, 2.75) is 27.2 Å². The van der Waals surface area contributed by atoms with Gasteiger partial charge >= 0.3 is 0 Å². The zero-order chi connectivity index (χ0) is 7.70. The number of hydrogen-bond donors (Lipinski definition) is 2. The summed E-state index contributed by atoms with van der Waals surface area (Å²) in [5, 5.41) is 15.8. The lowest BCUT2D eigenvalue weighted by Crippen LogP contribution is -1.85. The molecular formula is C7H18O2. The highest BCUT2D eigenvalue weighted by Crippen LogP contribution is 1.81. The Kier molecular flexibility index (Phi) is 14.0. The lowest BCUT2D eigenvalue weighted by atomic mass is 10.3. The van der Waals surface area contributed by atoms with Gasteiger partial charge in [0.2, 0.25) is 0 Å². The molecule has 0 aliphatic carbocycles. The Labute approximate surface area is 57.5 Å². The summed E-state index contributed by atoms with van der Waals surface area (Å²) in [7, 11) is 0. The predicted molar refractivity (Wildman–Crippen MR) is 39.3 cm³/mol. The summed E-state index contributed by atoms with van der Waals surface area (Å²) in [5.74, 6) is 0.833. The first kappa shape index (κ1) is 11.7. The van der Waals surface area contributed by atoms with Crippen molar-refractivity contribution in [3.8, 4) is 0 Å². The van der Waals surface area contributed by atoms with Crippen LogP contribution in [0.1, 0.15) is 27.2 Å². The highest BCUT2D eigenvalue weighted by Gasteiger charge is 1.70. The van der Waals surface area contributed by atoms with Gasteiger partial charge in [-0.15, -0.1) is 0 Å². The summed E-state index contributed by atoms with van der Waals surface area (Å²) in [6.07, 6.45) is 0.500. The zero-order valence-electron chi connectivity index (χ0n) is 6.59. The molecule has 0 aliphatic heterocycles. The number of hydrogen-bond acceptors (Lipinski definition) is 2. The van der Waals surface area contributed by atoms with Gasteiger partial charge < -0.3 is 10.2 Å². The van der Waals surface area contributed by atoms with Crippen LogP contribution in [-0.2, 0) is 0 Å². The first-order valence-corrected chi connectivity index (χ1v) is 3.36. The molecule has 0 amide bonds. The van der Waals surface area contributed by atoms with Crippen molar-refractivity contribution in [1.82, 2.24) is 0 Å². The van der Waals surface area contributed by atoms with Crippen molar-refractivity contribution in [3.63, 3.8) is 0 Å². The van der Waals surface area contributed by atoms with Gasteiger partial charge in [0.05, 0.1) is 0 Å². The average Bonchev–Trinajstić information content (AvgIpc) is 1.66. The molecule has 0 heterocycles. The van der Waals surface area contributed by atoms with E-state index in [1.165, 1.54) is 0 Å². The van der Waals surface area contributed by atoms with Gasteiger partial charge in [0, 0.05) is 13.2 Å². The lowest BCUT2D eigenvalue weighted by molar-refractivity contribution is 0.221. The minimum absolute atomic E-state index is 0.0938. The molecule has 0 aliphatic rings. The molecule has 0 aromatic heterocycles. The number of aliphatic hydroxyl groups is 2. The Morgan fingerprint density at radius 1 is 1.00 bits per heavy atom.